The number of hydrogen-bond donors (Lipinski definition) is 3. The van der Waals surface area contributed by atoms with Crippen molar-refractivity contribution in [1.82, 2.24) is 10.6 Å². The van der Waals surface area contributed by atoms with Crippen LogP contribution in [0, 0.1) is 5.92 Å². The Kier molecular flexibility index (Phi) is 5.75. The summed E-state index contributed by atoms with van der Waals surface area (Å²) in [5.41, 5.74) is 2.28. The van der Waals surface area contributed by atoms with Gasteiger partial charge in [0.25, 0.3) is 0 Å². The van der Waals surface area contributed by atoms with Crippen LogP contribution in [0.3, 0.4) is 0 Å². The van der Waals surface area contributed by atoms with Gasteiger partial charge in [-0.25, -0.2) is 4.79 Å². The number of nitrogens with one attached hydrogen (secondary N) is 2. The van der Waals surface area contributed by atoms with Gasteiger partial charge in [0.2, 0.25) is 0 Å². The number of anilines is 1. The van der Waals surface area contributed by atoms with E-state index in [1.54, 1.807) is 0 Å². The molecule has 1 aromatic rings. The highest BCUT2D eigenvalue weighted by atomic mass is 16.3. The van der Waals surface area contributed by atoms with E-state index in [1.165, 1.54) is 5.69 Å². The molecular weight excluding hydrogens is 302 g/mol. The molecule has 1 heterocycles. The minimum atomic E-state index is -0.145. The third kappa shape index (κ3) is 4.29. The van der Waals surface area contributed by atoms with E-state index < -0.39 is 0 Å². The second-order valence-electron chi connectivity index (χ2n) is 6.71. The van der Waals surface area contributed by atoms with Crippen LogP contribution in [0.1, 0.15) is 31.2 Å². The van der Waals surface area contributed by atoms with Gasteiger partial charge in [-0.1, -0.05) is 37.1 Å². The molecular formula is C19H27N3O2. The quantitative estimate of drug-likeness (QED) is 0.727. The monoisotopic (exact) mass is 329 g/mol. The first-order valence-corrected chi connectivity index (χ1v) is 8.90. The largest absolute Gasteiger partial charge is 0.396 e. The van der Waals surface area contributed by atoms with Crippen molar-refractivity contribution in [3.8, 4) is 0 Å². The van der Waals surface area contributed by atoms with Crippen LogP contribution in [0.5, 0.6) is 0 Å². The maximum Gasteiger partial charge on any atom is 0.315 e. The Bertz CT molecular complexity index is 580. The number of hydrogen-bond acceptors (Lipinski definition) is 3. The number of rotatable bonds is 5. The zero-order chi connectivity index (χ0) is 16.8. The summed E-state index contributed by atoms with van der Waals surface area (Å²) >= 11 is 0. The van der Waals surface area contributed by atoms with E-state index in [4.69, 9.17) is 0 Å². The number of urea groups is 1. The van der Waals surface area contributed by atoms with Crippen molar-refractivity contribution in [3.05, 3.63) is 42.0 Å². The van der Waals surface area contributed by atoms with Gasteiger partial charge in [-0.2, -0.15) is 0 Å². The molecule has 2 aliphatic rings. The lowest BCUT2D eigenvalue weighted by molar-refractivity contribution is 0.153. The highest BCUT2D eigenvalue weighted by Gasteiger charge is 2.25. The first-order chi connectivity index (χ1) is 11.8. The Labute approximate surface area is 143 Å². The van der Waals surface area contributed by atoms with Gasteiger partial charge in [-0.05, 0) is 30.5 Å². The maximum absolute atomic E-state index is 12.2. The zero-order valence-corrected chi connectivity index (χ0v) is 14.1. The molecule has 24 heavy (non-hydrogen) atoms. The number of nitrogens with zero attached hydrogens (tertiary/aromatic N) is 1. The van der Waals surface area contributed by atoms with Crippen molar-refractivity contribution in [3.63, 3.8) is 0 Å². The van der Waals surface area contributed by atoms with Crippen molar-refractivity contribution in [2.45, 2.75) is 38.3 Å². The van der Waals surface area contributed by atoms with Crippen molar-refractivity contribution in [2.24, 2.45) is 5.92 Å². The number of aliphatic hydroxyl groups excluding tert-OH is 1. The Hall–Kier alpha value is -2.01. The summed E-state index contributed by atoms with van der Waals surface area (Å²) in [6.45, 7) is 2.55. The minimum Gasteiger partial charge on any atom is -0.396 e. The average molecular weight is 329 g/mol. The topological polar surface area (TPSA) is 64.6 Å². The average Bonchev–Trinajstić information content (AvgIpc) is 3.15. The summed E-state index contributed by atoms with van der Waals surface area (Å²) in [6.07, 6.45) is 8.54. The lowest BCUT2D eigenvalue weighted by Crippen LogP contribution is -2.47. The predicted molar refractivity (Wildman–Crippen MR) is 96.0 cm³/mol. The molecule has 1 aliphatic heterocycles. The third-order valence-corrected chi connectivity index (χ3v) is 5.01. The summed E-state index contributed by atoms with van der Waals surface area (Å²) in [5.74, 6) is 0.190. The number of benzene rings is 1. The smallest absolute Gasteiger partial charge is 0.315 e. The zero-order valence-electron chi connectivity index (χ0n) is 14.1. The van der Waals surface area contributed by atoms with Gasteiger partial charge in [-0.3, -0.25) is 0 Å². The first-order valence-electron chi connectivity index (χ1n) is 8.90. The van der Waals surface area contributed by atoms with Crippen LogP contribution in [0.4, 0.5) is 10.5 Å². The van der Waals surface area contributed by atoms with Crippen molar-refractivity contribution in [2.75, 3.05) is 24.6 Å². The molecule has 2 unspecified atom stereocenters. The molecule has 3 rings (SSSR count). The molecule has 1 saturated carbocycles. The molecule has 2 atom stereocenters. The fourth-order valence-corrected chi connectivity index (χ4v) is 3.57. The molecule has 5 heteroatoms. The molecule has 1 fully saturated rings. The van der Waals surface area contributed by atoms with Crippen LogP contribution in [0.15, 0.2) is 36.4 Å². The van der Waals surface area contributed by atoms with Gasteiger partial charge in [-0.15, -0.1) is 0 Å². The minimum absolute atomic E-state index is 0.0887. The van der Waals surface area contributed by atoms with E-state index in [0.717, 1.165) is 44.3 Å². The molecule has 0 saturated heterocycles. The van der Waals surface area contributed by atoms with Crippen LogP contribution >= 0.6 is 0 Å². The lowest BCUT2D eigenvalue weighted by atomic mass is 9.85. The molecule has 130 valence electrons. The maximum atomic E-state index is 12.2. The summed E-state index contributed by atoms with van der Waals surface area (Å²) in [7, 11) is 0. The highest BCUT2D eigenvalue weighted by Crippen LogP contribution is 2.24. The highest BCUT2D eigenvalue weighted by molar-refractivity contribution is 5.74. The fraction of sp³-hybridized carbons (Fsp3) is 0.526. The van der Waals surface area contributed by atoms with E-state index in [1.807, 2.05) is 12.1 Å². The van der Waals surface area contributed by atoms with Gasteiger partial charge >= 0.3 is 6.03 Å². The van der Waals surface area contributed by atoms with Crippen molar-refractivity contribution in [1.29, 1.82) is 0 Å². The number of amides is 2. The fourth-order valence-electron chi connectivity index (χ4n) is 3.57. The number of carbonyl (C=O) groups excluding carboxylic acids is 1. The van der Waals surface area contributed by atoms with E-state index in [0.29, 0.717) is 6.54 Å². The number of carbonyl (C=O) groups is 1. The Morgan fingerprint density at radius 2 is 2.00 bits per heavy atom. The number of aliphatic hydroxyl groups is 1. The van der Waals surface area contributed by atoms with Gasteiger partial charge in [0.15, 0.2) is 0 Å². The van der Waals surface area contributed by atoms with Crippen molar-refractivity contribution >= 4 is 11.7 Å². The summed E-state index contributed by atoms with van der Waals surface area (Å²) in [4.78, 5) is 14.5. The van der Waals surface area contributed by atoms with Crippen molar-refractivity contribution < 1.29 is 9.90 Å². The van der Waals surface area contributed by atoms with Crippen LogP contribution in [0.25, 0.3) is 0 Å². The molecule has 5 nitrogen and oxygen atoms in total. The standard InChI is InChI=1S/C19H27N3O2/c23-14-16-7-1-2-9-18(16)21-19(24)20-13-15-6-5-8-17(12-15)22-10-3-4-11-22/h3-6,8,12,16,18,23H,1-2,7,9-11,13-14H2,(H2,20,21,24). The summed E-state index contributed by atoms with van der Waals surface area (Å²) in [5, 5.41) is 15.4. The second-order valence-corrected chi connectivity index (χ2v) is 6.71. The van der Waals surface area contributed by atoms with Gasteiger partial charge in [0, 0.05) is 43.9 Å². The molecule has 1 aromatic carbocycles. The van der Waals surface area contributed by atoms with Gasteiger partial charge < -0.3 is 20.6 Å². The Balaban J connectivity index is 1.49. The van der Waals surface area contributed by atoms with Crippen LogP contribution in [-0.2, 0) is 6.54 Å². The molecule has 0 spiro atoms. The van der Waals surface area contributed by atoms with E-state index in [-0.39, 0.29) is 24.6 Å². The normalized spacial score (nSPS) is 23.3. The Morgan fingerprint density at radius 1 is 1.21 bits per heavy atom. The van der Waals surface area contributed by atoms with Crippen LogP contribution in [0.2, 0.25) is 0 Å². The van der Waals surface area contributed by atoms with Gasteiger partial charge in [0.1, 0.15) is 0 Å². The van der Waals surface area contributed by atoms with Gasteiger partial charge in [0.05, 0.1) is 0 Å². The molecule has 1 aliphatic carbocycles. The van der Waals surface area contributed by atoms with Crippen LogP contribution < -0.4 is 15.5 Å². The molecule has 2 amide bonds. The third-order valence-electron chi connectivity index (χ3n) is 5.01. The summed E-state index contributed by atoms with van der Waals surface area (Å²) < 4.78 is 0. The van der Waals surface area contributed by atoms with E-state index >= 15 is 0 Å². The molecule has 3 N–H and O–H groups in total. The van der Waals surface area contributed by atoms with E-state index in [2.05, 4.69) is 39.8 Å². The molecule has 0 radical (unpaired) electrons. The lowest BCUT2D eigenvalue weighted by Gasteiger charge is -2.30. The first kappa shape index (κ1) is 16.8. The SMILES string of the molecule is O=C(NCc1cccc(N2CC=CC2)c1)NC1CCCCC1CO. The van der Waals surface area contributed by atoms with E-state index in [9.17, 15) is 9.90 Å². The van der Waals surface area contributed by atoms with Crippen LogP contribution in [-0.4, -0.2) is 36.9 Å². The second kappa shape index (κ2) is 8.20. The predicted octanol–water partition coefficient (Wildman–Crippen LogP) is 2.41. The molecule has 0 bridgehead atoms. The summed E-state index contributed by atoms with van der Waals surface area (Å²) in [6, 6.07) is 8.24. The molecule has 0 aromatic heterocycles. The Morgan fingerprint density at radius 3 is 2.79 bits per heavy atom.